The maximum atomic E-state index is 15.8. The summed E-state index contributed by atoms with van der Waals surface area (Å²) in [5.41, 5.74) is 0.242. The predicted octanol–water partition coefficient (Wildman–Crippen LogP) is 1.64. The first-order valence-corrected chi connectivity index (χ1v) is 14.7. The van der Waals surface area contributed by atoms with E-state index in [0.717, 1.165) is 25.9 Å². The summed E-state index contributed by atoms with van der Waals surface area (Å²) in [4.78, 5) is 31.5. The number of alkyl halides is 1. The van der Waals surface area contributed by atoms with Gasteiger partial charge in [0.15, 0.2) is 5.78 Å². The summed E-state index contributed by atoms with van der Waals surface area (Å²) in [6.45, 7) is 6.29. The van der Waals surface area contributed by atoms with Gasteiger partial charge in [0.2, 0.25) is 0 Å². The summed E-state index contributed by atoms with van der Waals surface area (Å²) < 4.78 is 28.1. The highest BCUT2D eigenvalue weighted by Gasteiger charge is 2.60. The molecule has 1 amide bonds. The standard InChI is InChI=1S/C28H43FN4O4/c1-2-30-9-10-31-23-21(29)15-19-25-27(23)37-22-8-7-17-5-3-4-6-18(17)24(22)33(25)16-20(26(19)34)28(35)32-11-13-36-14-12-32/h16-19,21-25,27,30-31H,2-15H2,1H3. The van der Waals surface area contributed by atoms with Gasteiger partial charge in [0.1, 0.15) is 6.17 Å². The third-order valence-corrected chi connectivity index (χ3v) is 9.94. The molecule has 6 rings (SSSR count). The van der Waals surface area contributed by atoms with Crippen LogP contribution >= 0.6 is 0 Å². The summed E-state index contributed by atoms with van der Waals surface area (Å²) in [5, 5.41) is 6.73. The van der Waals surface area contributed by atoms with Crippen molar-refractivity contribution >= 4 is 11.7 Å². The highest BCUT2D eigenvalue weighted by atomic mass is 19.1. The topological polar surface area (TPSA) is 83.1 Å². The molecule has 3 aliphatic carbocycles. The number of carbonyl (C=O) groups is 2. The molecule has 0 spiro atoms. The van der Waals surface area contributed by atoms with Gasteiger partial charge in [-0.05, 0) is 44.1 Å². The van der Waals surface area contributed by atoms with Crippen LogP contribution in [0.2, 0.25) is 0 Å². The Hall–Kier alpha value is -1.55. The molecule has 37 heavy (non-hydrogen) atoms. The number of ketones is 1. The second kappa shape index (κ2) is 10.9. The first-order valence-electron chi connectivity index (χ1n) is 14.7. The van der Waals surface area contributed by atoms with E-state index in [1.165, 1.54) is 25.7 Å². The van der Waals surface area contributed by atoms with E-state index in [1.54, 1.807) is 4.90 Å². The molecule has 0 aromatic rings. The number of nitrogens with zero attached hydrogens (tertiary/aromatic N) is 2. The van der Waals surface area contributed by atoms with Crippen molar-refractivity contribution in [3.63, 3.8) is 0 Å². The fourth-order valence-corrected chi connectivity index (χ4v) is 8.24. The van der Waals surface area contributed by atoms with Gasteiger partial charge in [0.05, 0.1) is 49.1 Å². The summed E-state index contributed by atoms with van der Waals surface area (Å²) >= 11 is 0. The molecule has 0 aromatic carbocycles. The van der Waals surface area contributed by atoms with E-state index in [-0.39, 0.29) is 41.9 Å². The van der Waals surface area contributed by atoms with Gasteiger partial charge in [-0.25, -0.2) is 4.39 Å². The van der Waals surface area contributed by atoms with Crippen molar-refractivity contribution in [2.45, 2.75) is 88.4 Å². The van der Waals surface area contributed by atoms with Crippen LogP contribution in [0.15, 0.2) is 11.8 Å². The molecule has 206 valence electrons. The Morgan fingerprint density at radius 2 is 1.92 bits per heavy atom. The number of ether oxygens (including phenoxy) is 2. The minimum absolute atomic E-state index is 0.00816. The maximum Gasteiger partial charge on any atom is 0.259 e. The molecular formula is C28H43FN4O4. The first-order chi connectivity index (χ1) is 18.1. The first kappa shape index (κ1) is 25.7. The maximum absolute atomic E-state index is 15.8. The molecule has 9 atom stereocenters. The lowest BCUT2D eigenvalue weighted by atomic mass is 9.63. The van der Waals surface area contributed by atoms with E-state index in [4.69, 9.17) is 9.47 Å². The van der Waals surface area contributed by atoms with Crippen LogP contribution in [0.5, 0.6) is 0 Å². The fourth-order valence-electron chi connectivity index (χ4n) is 8.24. The molecule has 3 aliphatic heterocycles. The minimum Gasteiger partial charge on any atom is -0.378 e. The van der Waals surface area contributed by atoms with Crippen molar-refractivity contribution in [1.82, 2.24) is 20.4 Å². The summed E-state index contributed by atoms with van der Waals surface area (Å²) in [6.07, 6.45) is 7.47. The van der Waals surface area contributed by atoms with Crippen molar-refractivity contribution < 1.29 is 23.5 Å². The van der Waals surface area contributed by atoms with Crippen molar-refractivity contribution in [3.8, 4) is 0 Å². The monoisotopic (exact) mass is 518 g/mol. The third kappa shape index (κ3) is 4.64. The summed E-state index contributed by atoms with van der Waals surface area (Å²) in [6, 6.07) is -0.522. The number of halogens is 1. The number of morpholine rings is 2. The number of hydrogen-bond donors (Lipinski definition) is 2. The van der Waals surface area contributed by atoms with Gasteiger partial charge in [-0.1, -0.05) is 26.2 Å². The molecule has 0 bridgehead atoms. The second-order valence-corrected chi connectivity index (χ2v) is 11.9. The predicted molar refractivity (Wildman–Crippen MR) is 137 cm³/mol. The Balaban J connectivity index is 1.35. The van der Waals surface area contributed by atoms with Crippen LogP contribution in [-0.4, -0.2) is 104 Å². The van der Waals surface area contributed by atoms with E-state index in [2.05, 4.69) is 22.5 Å². The van der Waals surface area contributed by atoms with E-state index < -0.39 is 24.2 Å². The second-order valence-electron chi connectivity index (χ2n) is 11.9. The van der Waals surface area contributed by atoms with Gasteiger partial charge in [0, 0.05) is 38.3 Å². The van der Waals surface area contributed by atoms with Gasteiger partial charge in [-0.3, -0.25) is 9.59 Å². The molecule has 0 radical (unpaired) electrons. The molecule has 9 heteroatoms. The average Bonchev–Trinajstić information content (AvgIpc) is 2.93. The van der Waals surface area contributed by atoms with Crippen molar-refractivity contribution in [1.29, 1.82) is 0 Å². The lowest BCUT2D eigenvalue weighted by molar-refractivity contribution is -0.215. The molecule has 8 nitrogen and oxygen atoms in total. The highest BCUT2D eigenvalue weighted by molar-refractivity contribution is 6.20. The van der Waals surface area contributed by atoms with Crippen molar-refractivity contribution in [2.24, 2.45) is 17.8 Å². The smallest absolute Gasteiger partial charge is 0.259 e. The zero-order valence-corrected chi connectivity index (χ0v) is 22.1. The number of fused-ring (bicyclic) bond motifs is 4. The number of nitrogens with one attached hydrogen (secondary N) is 2. The van der Waals surface area contributed by atoms with Gasteiger partial charge in [-0.15, -0.1) is 0 Å². The molecule has 3 saturated carbocycles. The van der Waals surface area contributed by atoms with E-state index >= 15 is 4.39 Å². The largest absolute Gasteiger partial charge is 0.378 e. The number of Topliss-reactive ketones (excluding diaryl/α,β-unsaturated/α-hetero) is 1. The lowest BCUT2D eigenvalue weighted by Gasteiger charge is -2.62. The van der Waals surface area contributed by atoms with E-state index in [9.17, 15) is 9.59 Å². The molecule has 0 aromatic heterocycles. The Kier molecular flexibility index (Phi) is 7.58. The van der Waals surface area contributed by atoms with Crippen LogP contribution in [0.1, 0.15) is 51.9 Å². The molecular weight excluding hydrogens is 475 g/mol. The number of rotatable bonds is 6. The number of likely N-dealkylation sites (N-methyl/N-ethyl adjacent to an activating group) is 1. The van der Waals surface area contributed by atoms with E-state index in [1.807, 2.05) is 6.20 Å². The normalized spacial score (nSPS) is 41.4. The zero-order chi connectivity index (χ0) is 25.5. The minimum atomic E-state index is -1.20. The highest BCUT2D eigenvalue weighted by Crippen LogP contribution is 2.51. The Morgan fingerprint density at radius 1 is 1.11 bits per heavy atom. The summed E-state index contributed by atoms with van der Waals surface area (Å²) in [5.74, 6) is 0.200. The third-order valence-electron chi connectivity index (χ3n) is 9.94. The molecule has 6 aliphatic rings. The summed E-state index contributed by atoms with van der Waals surface area (Å²) in [7, 11) is 0. The van der Waals surface area contributed by atoms with Gasteiger partial charge >= 0.3 is 0 Å². The van der Waals surface area contributed by atoms with Crippen molar-refractivity contribution in [2.75, 3.05) is 45.9 Å². The van der Waals surface area contributed by atoms with Crippen LogP contribution in [0.25, 0.3) is 0 Å². The van der Waals surface area contributed by atoms with Gasteiger partial charge in [0.25, 0.3) is 5.91 Å². The molecule has 3 heterocycles. The Labute approximate surface area is 219 Å². The van der Waals surface area contributed by atoms with Crippen LogP contribution in [0.3, 0.4) is 0 Å². The van der Waals surface area contributed by atoms with Gasteiger partial charge < -0.3 is 29.9 Å². The van der Waals surface area contributed by atoms with Crippen LogP contribution in [-0.2, 0) is 19.1 Å². The van der Waals surface area contributed by atoms with Crippen LogP contribution in [0.4, 0.5) is 4.39 Å². The number of hydrogen-bond acceptors (Lipinski definition) is 7. The number of amides is 1. The van der Waals surface area contributed by atoms with E-state index in [0.29, 0.717) is 44.7 Å². The number of carbonyl (C=O) groups excluding carboxylic acids is 2. The Bertz CT molecular complexity index is 895. The lowest BCUT2D eigenvalue weighted by Crippen LogP contribution is -2.74. The fraction of sp³-hybridized carbons (Fsp3) is 0.857. The average molecular weight is 519 g/mol. The Morgan fingerprint density at radius 3 is 2.73 bits per heavy atom. The van der Waals surface area contributed by atoms with Crippen molar-refractivity contribution in [3.05, 3.63) is 11.8 Å². The molecule has 2 saturated heterocycles. The van der Waals surface area contributed by atoms with Crippen LogP contribution < -0.4 is 10.6 Å². The SMILES string of the molecule is CCNCCNC1C(F)CC2C(=O)C(C(=O)N3CCOCC3)=CN3C4C(CCC5CCCCC54)OC1C23. The van der Waals surface area contributed by atoms with Crippen LogP contribution in [0, 0.1) is 17.8 Å². The zero-order valence-electron chi connectivity index (χ0n) is 22.1. The quantitative estimate of drug-likeness (QED) is 0.409. The molecule has 9 unspecified atom stereocenters. The van der Waals surface area contributed by atoms with Gasteiger partial charge in [-0.2, -0.15) is 0 Å². The molecule has 5 fully saturated rings. The molecule has 2 N–H and O–H groups in total.